The summed E-state index contributed by atoms with van der Waals surface area (Å²) in [5, 5.41) is 15.5. The van der Waals surface area contributed by atoms with E-state index in [2.05, 4.69) is 22.1 Å². The van der Waals surface area contributed by atoms with Gasteiger partial charge in [-0.1, -0.05) is 80.1 Å². The summed E-state index contributed by atoms with van der Waals surface area (Å²) in [5.74, 6) is -2.08. The van der Waals surface area contributed by atoms with Gasteiger partial charge in [0.1, 0.15) is 5.01 Å². The molecule has 47 heavy (non-hydrogen) atoms. The van der Waals surface area contributed by atoms with Crippen molar-refractivity contribution < 1.29 is 33.9 Å². The molecule has 12 heteroatoms. The van der Waals surface area contributed by atoms with Crippen molar-refractivity contribution in [1.82, 2.24) is 20.3 Å². The molecule has 0 spiro atoms. The number of likely N-dealkylation sites (N-methyl/N-ethyl adjacent to an activating group) is 1. The number of alkyl carbamates (subject to hydrolysis) is 1. The first-order valence-electron chi connectivity index (χ1n) is 17.8. The van der Waals surface area contributed by atoms with E-state index in [4.69, 9.17) is 9.57 Å². The van der Waals surface area contributed by atoms with E-state index in [0.717, 1.165) is 82.1 Å². The molecule has 1 aromatic rings. The van der Waals surface area contributed by atoms with Crippen molar-refractivity contribution in [2.45, 2.75) is 137 Å². The van der Waals surface area contributed by atoms with Crippen LogP contribution in [0, 0.1) is 17.8 Å². The molecule has 5 atom stereocenters. The van der Waals surface area contributed by atoms with Gasteiger partial charge in [0.2, 0.25) is 5.91 Å². The highest BCUT2D eigenvalue weighted by molar-refractivity contribution is 7.09. The summed E-state index contributed by atoms with van der Waals surface area (Å²) in [5.41, 5.74) is -0.130. The van der Waals surface area contributed by atoms with Gasteiger partial charge < -0.3 is 15.2 Å². The van der Waals surface area contributed by atoms with Gasteiger partial charge in [0, 0.05) is 30.7 Å². The summed E-state index contributed by atoms with van der Waals surface area (Å²) in [6, 6.07) is -0.733. The van der Waals surface area contributed by atoms with Crippen molar-refractivity contribution in [3.8, 4) is 0 Å². The molecule has 268 valence electrons. The first kappa shape index (κ1) is 40.6. The Hall–Kier alpha value is -2.57. The predicted molar refractivity (Wildman–Crippen MR) is 184 cm³/mol. The first-order chi connectivity index (χ1) is 22.4. The molecule has 0 aromatic carbocycles. The van der Waals surface area contributed by atoms with Crippen LogP contribution in [0.1, 0.15) is 140 Å². The second kappa shape index (κ2) is 21.4. The number of Topliss-reactive ketones (excluding diaryl/α,β-unsaturated/α-hetero) is 1. The zero-order valence-corrected chi connectivity index (χ0v) is 30.6. The zero-order chi connectivity index (χ0) is 34.9. The van der Waals surface area contributed by atoms with Crippen LogP contribution in [0.25, 0.3) is 0 Å². The normalized spacial score (nSPS) is 17.9. The number of carbonyl (C=O) groups is 4. The monoisotopic (exact) mass is 680 g/mol. The van der Waals surface area contributed by atoms with Crippen LogP contribution in [0.15, 0.2) is 5.38 Å². The topological polar surface area (TPSA) is 138 Å². The van der Waals surface area contributed by atoms with Crippen molar-refractivity contribution in [3.63, 3.8) is 0 Å². The lowest BCUT2D eigenvalue weighted by Crippen LogP contribution is -2.50. The van der Waals surface area contributed by atoms with Gasteiger partial charge in [-0.2, -0.15) is 0 Å². The molecule has 1 fully saturated rings. The number of unbranched alkanes of at least 4 members (excludes halogenated alkanes) is 4. The minimum atomic E-state index is -1.17. The number of aromatic nitrogens is 1. The molecule has 0 aliphatic carbocycles. The van der Waals surface area contributed by atoms with Gasteiger partial charge in [0.25, 0.3) is 0 Å². The molecule has 1 aliphatic rings. The van der Waals surface area contributed by atoms with Gasteiger partial charge in [-0.15, -0.1) is 11.3 Å². The van der Waals surface area contributed by atoms with Crippen LogP contribution in [-0.2, 0) is 19.2 Å². The average Bonchev–Trinajstić information content (AvgIpc) is 3.54. The van der Waals surface area contributed by atoms with Crippen LogP contribution in [0.5, 0.6) is 0 Å². The lowest BCUT2D eigenvalue weighted by molar-refractivity contribution is -0.215. The molecule has 2 rings (SSSR count). The third-order valence-corrected chi connectivity index (χ3v) is 10.2. The Labute approximate surface area is 286 Å². The number of hydrogen-bond donors (Lipinski definition) is 2. The number of hydroxylamine groups is 2. The number of aromatic carboxylic acids is 1. The molecule has 1 saturated heterocycles. The Morgan fingerprint density at radius 1 is 1.09 bits per heavy atom. The summed E-state index contributed by atoms with van der Waals surface area (Å²) in [6.45, 7) is 13.8. The number of thiazole rings is 1. The van der Waals surface area contributed by atoms with E-state index >= 15 is 0 Å². The quantitative estimate of drug-likeness (QED) is 0.0956. The summed E-state index contributed by atoms with van der Waals surface area (Å²) >= 11 is 1.11. The van der Waals surface area contributed by atoms with Crippen LogP contribution < -0.4 is 5.32 Å². The summed E-state index contributed by atoms with van der Waals surface area (Å²) in [6.07, 6.45) is 7.88. The molecule has 0 radical (unpaired) electrons. The van der Waals surface area contributed by atoms with Crippen LogP contribution in [0.3, 0.4) is 0 Å². The van der Waals surface area contributed by atoms with Gasteiger partial charge >= 0.3 is 12.1 Å². The fourth-order valence-corrected chi connectivity index (χ4v) is 6.79. The van der Waals surface area contributed by atoms with Gasteiger partial charge in [-0.3, -0.25) is 19.3 Å². The number of nitrogens with one attached hydrogen (secondary N) is 1. The molecule has 2 N–H and O–H groups in total. The SMILES string of the molecule is CCCCCCON(C(=O)[C@@H](CC(=O)[C@H]1CCCCN1C)[C@@H](C)CC)[C@H](C[C@@H](OC(=O)NCCCC)c1nc(C(=O)O)cs1)C(C)C. The molecule has 0 bridgehead atoms. The number of rotatable bonds is 22. The van der Waals surface area contributed by atoms with Gasteiger partial charge in [-0.25, -0.2) is 19.6 Å². The molecule has 1 aromatic heterocycles. The van der Waals surface area contributed by atoms with Crippen LogP contribution in [-0.4, -0.2) is 82.6 Å². The van der Waals surface area contributed by atoms with Crippen LogP contribution in [0.4, 0.5) is 4.79 Å². The number of ether oxygens (including phenoxy) is 1. The number of hydrogen-bond acceptors (Lipinski definition) is 9. The van der Waals surface area contributed by atoms with Gasteiger partial charge in [0.05, 0.1) is 18.7 Å². The second-order valence-corrected chi connectivity index (χ2v) is 14.2. The molecular formula is C35H60N4O7S. The zero-order valence-electron chi connectivity index (χ0n) is 29.8. The highest BCUT2D eigenvalue weighted by Crippen LogP contribution is 2.33. The maximum atomic E-state index is 14.6. The maximum absolute atomic E-state index is 14.6. The van der Waals surface area contributed by atoms with Crippen molar-refractivity contribution in [2.75, 3.05) is 26.7 Å². The van der Waals surface area contributed by atoms with Crippen LogP contribution in [0.2, 0.25) is 0 Å². The number of likely N-dealkylation sites (tertiary alicyclic amines) is 1. The van der Waals surface area contributed by atoms with E-state index in [1.165, 1.54) is 10.4 Å². The fraction of sp³-hybridized carbons (Fsp3) is 0.800. The molecular weight excluding hydrogens is 620 g/mol. The number of nitrogens with zero attached hydrogens (tertiary/aromatic N) is 3. The summed E-state index contributed by atoms with van der Waals surface area (Å²) < 4.78 is 5.88. The molecule has 2 amide bonds. The second-order valence-electron chi connectivity index (χ2n) is 13.3. The molecule has 1 aliphatic heterocycles. The largest absolute Gasteiger partial charge is 0.476 e. The van der Waals surface area contributed by atoms with Crippen LogP contribution >= 0.6 is 11.3 Å². The third kappa shape index (κ3) is 13.1. The molecule has 0 saturated carbocycles. The number of carbonyl (C=O) groups excluding carboxylic acids is 3. The Bertz CT molecular complexity index is 1110. The van der Waals surface area contributed by atoms with Crippen molar-refractivity contribution in [1.29, 1.82) is 0 Å². The lowest BCUT2D eigenvalue weighted by Gasteiger charge is -2.38. The van der Waals surface area contributed by atoms with Gasteiger partial charge in [-0.05, 0) is 51.1 Å². The number of amides is 2. The minimum absolute atomic E-state index is 0.0622. The summed E-state index contributed by atoms with van der Waals surface area (Å²) in [4.78, 5) is 65.6. The maximum Gasteiger partial charge on any atom is 0.407 e. The van der Waals surface area contributed by atoms with Crippen molar-refractivity contribution >= 4 is 35.1 Å². The van der Waals surface area contributed by atoms with Crippen molar-refractivity contribution in [2.24, 2.45) is 17.8 Å². The number of carboxylic acid groups (broad SMARTS) is 1. The van der Waals surface area contributed by atoms with E-state index < -0.39 is 30.1 Å². The summed E-state index contributed by atoms with van der Waals surface area (Å²) in [7, 11) is 1.98. The van der Waals surface area contributed by atoms with E-state index in [1.807, 2.05) is 41.7 Å². The van der Waals surface area contributed by atoms with Gasteiger partial charge in [0.15, 0.2) is 17.6 Å². The van der Waals surface area contributed by atoms with E-state index in [9.17, 15) is 24.3 Å². The highest BCUT2D eigenvalue weighted by atomic mass is 32.1. The number of piperidine rings is 1. The van der Waals surface area contributed by atoms with E-state index in [-0.39, 0.29) is 48.1 Å². The Morgan fingerprint density at radius 2 is 1.81 bits per heavy atom. The van der Waals surface area contributed by atoms with E-state index in [0.29, 0.717) is 18.2 Å². The molecule has 0 unspecified atom stereocenters. The smallest absolute Gasteiger partial charge is 0.407 e. The van der Waals surface area contributed by atoms with E-state index in [1.54, 1.807) is 0 Å². The first-order valence-corrected chi connectivity index (χ1v) is 18.6. The average molecular weight is 681 g/mol. The number of carboxylic acids is 1. The predicted octanol–water partition coefficient (Wildman–Crippen LogP) is 7.27. The Kier molecular flexibility index (Phi) is 18.5. The third-order valence-electron chi connectivity index (χ3n) is 9.25. The molecule has 11 nitrogen and oxygen atoms in total. The Morgan fingerprint density at radius 3 is 2.40 bits per heavy atom. The highest BCUT2D eigenvalue weighted by Gasteiger charge is 2.40. The van der Waals surface area contributed by atoms with Crippen molar-refractivity contribution in [3.05, 3.63) is 16.1 Å². The Balaban J connectivity index is 2.46. The standard InChI is InChI=1S/C35H60N4O7S/c1-8-11-13-16-20-45-39(33(41)26(25(6)10-3)21-30(40)28-17-14-15-19-38(28)7)29(24(4)5)22-31(46-35(44)36-18-12-9-2)32-37-27(23-47-32)34(42)43/h23-26,28-29,31H,8-22H2,1-7H3,(H,36,44)(H,42,43)/t25-,26-,28+,29+,31+/m0/s1. The fourth-order valence-electron chi connectivity index (χ4n) is 5.96. The minimum Gasteiger partial charge on any atom is -0.476 e. The number of ketones is 1. The lowest BCUT2D eigenvalue weighted by atomic mass is 9.83. The molecule has 2 heterocycles.